The Morgan fingerprint density at radius 1 is 1.07 bits per heavy atom. The maximum atomic E-state index is 11.9. The van der Waals surface area contributed by atoms with Crippen molar-refractivity contribution in [1.82, 2.24) is 5.32 Å². The lowest BCUT2D eigenvalue weighted by molar-refractivity contribution is -0.160. The molecule has 28 heavy (non-hydrogen) atoms. The van der Waals surface area contributed by atoms with Gasteiger partial charge in [0.1, 0.15) is 24.7 Å². The minimum Gasteiger partial charge on any atom is -0.480 e. The number of aliphatic carboxylic acids is 1. The van der Waals surface area contributed by atoms with Crippen molar-refractivity contribution < 1.29 is 38.6 Å². The second kappa shape index (κ2) is 13.7. The molecule has 0 spiro atoms. The van der Waals surface area contributed by atoms with Gasteiger partial charge in [-0.3, -0.25) is 14.4 Å². The standard InChI is InChI=1S/C16H25N3O8S/c1-2-7-26-16(25)11(8-28)19-12(20)5-3-10(18)15(24)27-13(21)6-4-9(17)14(22)23/h2,9-11,28H,1,3-8,17-18H2,(H,19,20)(H,22,23). The van der Waals surface area contributed by atoms with Gasteiger partial charge in [0, 0.05) is 18.6 Å². The molecule has 0 fully saturated rings. The molecule has 0 rings (SSSR count). The van der Waals surface area contributed by atoms with Gasteiger partial charge in [0.15, 0.2) is 0 Å². The number of nitrogens with two attached hydrogens (primary N) is 2. The zero-order valence-corrected chi connectivity index (χ0v) is 16.1. The molecular formula is C16H25N3O8S. The Balaban J connectivity index is 4.30. The van der Waals surface area contributed by atoms with E-state index in [4.69, 9.17) is 21.3 Å². The minimum atomic E-state index is -1.28. The van der Waals surface area contributed by atoms with E-state index in [1.807, 2.05) is 0 Å². The highest BCUT2D eigenvalue weighted by atomic mass is 32.1. The number of carbonyl (C=O) groups is 5. The van der Waals surface area contributed by atoms with Crippen LogP contribution < -0.4 is 16.8 Å². The molecule has 0 radical (unpaired) electrons. The van der Waals surface area contributed by atoms with Crippen molar-refractivity contribution in [3.8, 4) is 0 Å². The number of ether oxygens (including phenoxy) is 2. The second-order valence-corrected chi connectivity index (χ2v) is 6.01. The average Bonchev–Trinajstić information content (AvgIpc) is 2.65. The van der Waals surface area contributed by atoms with Crippen LogP contribution in [0.1, 0.15) is 25.7 Å². The van der Waals surface area contributed by atoms with Gasteiger partial charge < -0.3 is 31.4 Å². The molecule has 6 N–H and O–H groups in total. The van der Waals surface area contributed by atoms with Crippen LogP contribution >= 0.6 is 12.6 Å². The van der Waals surface area contributed by atoms with E-state index in [-0.39, 0.29) is 38.0 Å². The predicted molar refractivity (Wildman–Crippen MR) is 100 cm³/mol. The molecule has 0 aromatic carbocycles. The summed E-state index contributed by atoms with van der Waals surface area (Å²) >= 11 is 3.95. The van der Waals surface area contributed by atoms with E-state index < -0.39 is 47.9 Å². The van der Waals surface area contributed by atoms with Gasteiger partial charge in [0.05, 0.1) is 0 Å². The quantitative estimate of drug-likeness (QED) is 0.102. The number of amides is 1. The van der Waals surface area contributed by atoms with Gasteiger partial charge in [-0.1, -0.05) is 12.7 Å². The summed E-state index contributed by atoms with van der Waals surface area (Å²) in [5, 5.41) is 11.0. The number of carbonyl (C=O) groups excluding carboxylic acids is 4. The summed E-state index contributed by atoms with van der Waals surface area (Å²) < 4.78 is 9.29. The monoisotopic (exact) mass is 419 g/mol. The van der Waals surface area contributed by atoms with Crippen molar-refractivity contribution in [3.63, 3.8) is 0 Å². The molecule has 0 aliphatic carbocycles. The number of esters is 3. The van der Waals surface area contributed by atoms with Crippen LogP contribution in [0.2, 0.25) is 0 Å². The van der Waals surface area contributed by atoms with Crippen molar-refractivity contribution in [2.75, 3.05) is 12.4 Å². The molecule has 0 saturated heterocycles. The number of nitrogens with one attached hydrogen (secondary N) is 1. The molecular weight excluding hydrogens is 394 g/mol. The fourth-order valence-corrected chi connectivity index (χ4v) is 1.97. The molecule has 0 aliphatic heterocycles. The number of hydrogen-bond donors (Lipinski definition) is 5. The molecule has 158 valence electrons. The van der Waals surface area contributed by atoms with E-state index in [1.54, 1.807) is 0 Å². The van der Waals surface area contributed by atoms with Gasteiger partial charge in [-0.2, -0.15) is 12.6 Å². The zero-order chi connectivity index (χ0) is 21.7. The number of carboxylic acid groups (broad SMARTS) is 1. The summed E-state index contributed by atoms with van der Waals surface area (Å²) in [6.45, 7) is 3.38. The van der Waals surface area contributed by atoms with E-state index in [1.165, 1.54) is 6.08 Å². The summed E-state index contributed by atoms with van der Waals surface area (Å²) in [5.74, 6) is -4.56. The largest absolute Gasteiger partial charge is 0.480 e. The molecule has 0 aromatic rings. The highest BCUT2D eigenvalue weighted by Crippen LogP contribution is 2.03. The van der Waals surface area contributed by atoms with Crippen molar-refractivity contribution in [1.29, 1.82) is 0 Å². The molecule has 3 atom stereocenters. The molecule has 11 nitrogen and oxygen atoms in total. The topological polar surface area (TPSA) is 188 Å². The van der Waals surface area contributed by atoms with Gasteiger partial charge >= 0.3 is 23.9 Å². The van der Waals surface area contributed by atoms with Crippen LogP contribution in [0.5, 0.6) is 0 Å². The first kappa shape index (κ1) is 25.6. The molecule has 12 heteroatoms. The Hall–Kier alpha value is -2.44. The highest BCUT2D eigenvalue weighted by molar-refractivity contribution is 7.80. The summed E-state index contributed by atoms with van der Waals surface area (Å²) in [4.78, 5) is 57.3. The Morgan fingerprint density at radius 2 is 1.68 bits per heavy atom. The normalized spacial score (nSPS) is 13.5. The summed E-state index contributed by atoms with van der Waals surface area (Å²) in [7, 11) is 0. The highest BCUT2D eigenvalue weighted by Gasteiger charge is 2.24. The molecule has 0 heterocycles. The van der Waals surface area contributed by atoms with Gasteiger partial charge in [-0.25, -0.2) is 9.59 Å². The molecule has 0 saturated carbocycles. The van der Waals surface area contributed by atoms with Crippen LogP contribution in [0.4, 0.5) is 0 Å². The van der Waals surface area contributed by atoms with Crippen molar-refractivity contribution in [2.24, 2.45) is 11.5 Å². The number of hydrogen-bond acceptors (Lipinski definition) is 10. The van der Waals surface area contributed by atoms with E-state index in [0.29, 0.717) is 0 Å². The third kappa shape index (κ3) is 10.6. The Bertz CT molecular complexity index is 598. The minimum absolute atomic E-state index is 0.00277. The van der Waals surface area contributed by atoms with Gasteiger partial charge in [-0.15, -0.1) is 0 Å². The predicted octanol–water partition coefficient (Wildman–Crippen LogP) is -1.50. The lowest BCUT2D eigenvalue weighted by atomic mass is 10.1. The summed E-state index contributed by atoms with van der Waals surface area (Å²) in [6.07, 6.45) is 0.437. The molecule has 0 bridgehead atoms. The van der Waals surface area contributed by atoms with Crippen LogP contribution in [0.25, 0.3) is 0 Å². The van der Waals surface area contributed by atoms with Crippen LogP contribution in [-0.4, -0.2) is 65.4 Å². The second-order valence-electron chi connectivity index (χ2n) is 5.64. The number of rotatable bonds is 13. The van der Waals surface area contributed by atoms with Crippen LogP contribution in [-0.2, 0) is 33.4 Å². The molecule has 3 unspecified atom stereocenters. The third-order valence-corrected chi connectivity index (χ3v) is 3.69. The van der Waals surface area contributed by atoms with Crippen molar-refractivity contribution in [3.05, 3.63) is 12.7 Å². The lowest BCUT2D eigenvalue weighted by Crippen LogP contribution is -2.44. The smallest absolute Gasteiger partial charge is 0.330 e. The fraction of sp³-hybridized carbons (Fsp3) is 0.562. The molecule has 0 aliphatic rings. The Kier molecular flexibility index (Phi) is 12.5. The van der Waals surface area contributed by atoms with E-state index in [2.05, 4.69) is 29.3 Å². The third-order valence-electron chi connectivity index (χ3n) is 3.32. The van der Waals surface area contributed by atoms with Crippen molar-refractivity contribution >= 4 is 42.4 Å². The van der Waals surface area contributed by atoms with Gasteiger partial charge in [0.25, 0.3) is 0 Å². The summed E-state index contributed by atoms with van der Waals surface area (Å²) in [5.41, 5.74) is 10.8. The Labute approximate surface area is 167 Å². The fourth-order valence-electron chi connectivity index (χ4n) is 1.73. The maximum Gasteiger partial charge on any atom is 0.330 e. The maximum absolute atomic E-state index is 11.9. The van der Waals surface area contributed by atoms with Crippen LogP contribution in [0, 0.1) is 0 Å². The van der Waals surface area contributed by atoms with Gasteiger partial charge in [-0.05, 0) is 12.8 Å². The summed E-state index contributed by atoms with van der Waals surface area (Å²) in [6, 6.07) is -3.48. The average molecular weight is 419 g/mol. The first-order chi connectivity index (χ1) is 13.1. The number of thiol groups is 1. The lowest BCUT2D eigenvalue weighted by Gasteiger charge is -2.16. The van der Waals surface area contributed by atoms with Gasteiger partial charge in [0.2, 0.25) is 5.91 Å². The Morgan fingerprint density at radius 3 is 2.21 bits per heavy atom. The van der Waals surface area contributed by atoms with Crippen molar-refractivity contribution in [2.45, 2.75) is 43.8 Å². The molecule has 0 aromatic heterocycles. The van der Waals surface area contributed by atoms with E-state index in [9.17, 15) is 24.0 Å². The van der Waals surface area contributed by atoms with Crippen LogP contribution in [0.15, 0.2) is 12.7 Å². The zero-order valence-electron chi connectivity index (χ0n) is 15.2. The SMILES string of the molecule is C=CCOC(=O)C(CS)NC(=O)CCC(N)C(=O)OC(=O)CCC(N)C(=O)O. The molecule has 1 amide bonds. The first-order valence-electron chi connectivity index (χ1n) is 8.28. The van der Waals surface area contributed by atoms with Crippen LogP contribution in [0.3, 0.4) is 0 Å². The van der Waals surface area contributed by atoms with E-state index in [0.717, 1.165) is 0 Å². The van der Waals surface area contributed by atoms with E-state index >= 15 is 0 Å². The first-order valence-corrected chi connectivity index (χ1v) is 8.91. The number of carboxylic acids is 1.